The number of carboxylic acid groups (broad SMARTS) is 1. The van der Waals surface area contributed by atoms with E-state index in [1.165, 1.54) is 31.2 Å². The van der Waals surface area contributed by atoms with E-state index in [-0.39, 0.29) is 18.5 Å². The van der Waals surface area contributed by atoms with E-state index >= 15 is 0 Å². The smallest absolute Gasteiger partial charge is 0.305 e. The van der Waals surface area contributed by atoms with E-state index in [1.807, 2.05) is 6.92 Å². The van der Waals surface area contributed by atoms with Crippen molar-refractivity contribution in [3.63, 3.8) is 0 Å². The Labute approximate surface area is 164 Å². The zero-order valence-electron chi connectivity index (χ0n) is 15.7. The first kappa shape index (κ1) is 18.5. The summed E-state index contributed by atoms with van der Waals surface area (Å²) in [5, 5.41) is 17.4. The number of anilines is 2. The van der Waals surface area contributed by atoms with Crippen molar-refractivity contribution >= 4 is 34.1 Å². The number of nitrogens with one attached hydrogen (secondary N) is 2. The Kier molecular flexibility index (Phi) is 5.48. The predicted molar refractivity (Wildman–Crippen MR) is 111 cm³/mol. The minimum Gasteiger partial charge on any atom is -0.494 e. The van der Waals surface area contributed by atoms with Crippen LogP contribution in [-0.4, -0.2) is 46.6 Å². The van der Waals surface area contributed by atoms with Gasteiger partial charge in [0.05, 0.1) is 41.5 Å². The zero-order chi connectivity index (χ0) is 18.8. The van der Waals surface area contributed by atoms with Crippen LogP contribution in [0.3, 0.4) is 0 Å². The summed E-state index contributed by atoms with van der Waals surface area (Å²) >= 11 is 1.69. The molecule has 7 heteroatoms. The summed E-state index contributed by atoms with van der Waals surface area (Å²) in [7, 11) is 0. The van der Waals surface area contributed by atoms with Crippen LogP contribution in [0.5, 0.6) is 5.75 Å². The van der Waals surface area contributed by atoms with Crippen molar-refractivity contribution in [3.05, 3.63) is 17.7 Å². The highest BCUT2D eigenvalue weighted by Crippen LogP contribution is 2.40. The summed E-state index contributed by atoms with van der Waals surface area (Å²) < 4.78 is 5.79. The first-order valence-corrected chi connectivity index (χ1v) is 10.9. The number of aliphatic carboxylic acids is 1. The fourth-order valence-electron chi connectivity index (χ4n) is 4.19. The molecule has 1 aromatic rings. The second kappa shape index (κ2) is 8.00. The Bertz CT molecular complexity index is 746. The van der Waals surface area contributed by atoms with Gasteiger partial charge in [0.1, 0.15) is 5.75 Å². The predicted octanol–water partition coefficient (Wildman–Crippen LogP) is 3.77. The molecule has 27 heavy (non-hydrogen) atoms. The molecule has 3 aliphatic rings. The zero-order valence-corrected chi connectivity index (χ0v) is 16.5. The van der Waals surface area contributed by atoms with Gasteiger partial charge in [-0.25, -0.2) is 0 Å². The van der Waals surface area contributed by atoms with E-state index in [1.54, 1.807) is 11.8 Å². The number of fused-ring (bicyclic) bond motifs is 1. The van der Waals surface area contributed by atoms with Gasteiger partial charge in [-0.15, -0.1) is 11.8 Å². The Morgan fingerprint density at radius 2 is 2.22 bits per heavy atom. The minimum atomic E-state index is -0.780. The lowest BCUT2D eigenvalue weighted by molar-refractivity contribution is -0.137. The van der Waals surface area contributed by atoms with Gasteiger partial charge in [0.25, 0.3) is 0 Å². The molecule has 0 radical (unpaired) electrons. The van der Waals surface area contributed by atoms with Gasteiger partial charge in [0, 0.05) is 24.3 Å². The van der Waals surface area contributed by atoms with Crippen molar-refractivity contribution in [2.75, 3.05) is 23.0 Å². The lowest BCUT2D eigenvalue weighted by Crippen LogP contribution is -2.24. The third-order valence-corrected chi connectivity index (χ3v) is 6.64. The summed E-state index contributed by atoms with van der Waals surface area (Å²) in [5.41, 5.74) is 3.52. The Hall–Kier alpha value is -1.89. The summed E-state index contributed by atoms with van der Waals surface area (Å²) in [6, 6.07) is 4.78. The average Bonchev–Trinajstić information content (AvgIpc) is 3.34. The normalized spacial score (nSPS) is 24.4. The standard InChI is InChI=1S/C20H27N3O3S/c1-2-26-15-7-12-8-17(20-22-14(11-27-20)9-18(24)25)23-19(12)16(10-15)21-13-5-3-4-6-13/h7,10,13-14,17,21,23H,2-6,8-9,11H2,1H3,(H,24,25)/t14-,17?/m0/s1. The van der Waals surface area contributed by atoms with Crippen molar-refractivity contribution < 1.29 is 14.6 Å². The van der Waals surface area contributed by atoms with Crippen LogP contribution >= 0.6 is 11.8 Å². The molecule has 0 saturated heterocycles. The van der Waals surface area contributed by atoms with E-state index in [2.05, 4.69) is 27.8 Å². The summed E-state index contributed by atoms with van der Waals surface area (Å²) in [5.74, 6) is 0.884. The Morgan fingerprint density at radius 3 is 2.96 bits per heavy atom. The summed E-state index contributed by atoms with van der Waals surface area (Å²) in [6.07, 6.45) is 5.99. The lowest BCUT2D eigenvalue weighted by Gasteiger charge is -2.19. The third kappa shape index (κ3) is 4.18. The molecule has 2 aliphatic heterocycles. The molecular weight excluding hydrogens is 362 g/mol. The Morgan fingerprint density at radius 1 is 1.41 bits per heavy atom. The van der Waals surface area contributed by atoms with Crippen LogP contribution in [0.1, 0.15) is 44.6 Å². The quantitative estimate of drug-likeness (QED) is 0.659. The van der Waals surface area contributed by atoms with Crippen LogP contribution in [0.25, 0.3) is 0 Å². The molecule has 0 amide bonds. The molecule has 1 saturated carbocycles. The van der Waals surface area contributed by atoms with E-state index in [4.69, 9.17) is 9.84 Å². The monoisotopic (exact) mass is 389 g/mol. The lowest BCUT2D eigenvalue weighted by atomic mass is 10.1. The van der Waals surface area contributed by atoms with E-state index in [9.17, 15) is 4.79 Å². The van der Waals surface area contributed by atoms with Crippen molar-refractivity contribution in [1.29, 1.82) is 0 Å². The molecule has 0 aromatic heterocycles. The molecule has 1 fully saturated rings. The first-order valence-electron chi connectivity index (χ1n) is 9.87. The van der Waals surface area contributed by atoms with Gasteiger partial charge in [-0.3, -0.25) is 9.79 Å². The molecule has 146 valence electrons. The number of thioether (sulfide) groups is 1. The van der Waals surface area contributed by atoms with Crippen LogP contribution in [0.4, 0.5) is 11.4 Å². The topological polar surface area (TPSA) is 83.0 Å². The number of aliphatic imine (C=N–C) groups is 1. The number of carbonyl (C=O) groups is 1. The maximum absolute atomic E-state index is 11.0. The van der Waals surface area contributed by atoms with Crippen LogP contribution in [0.2, 0.25) is 0 Å². The van der Waals surface area contributed by atoms with Crippen LogP contribution in [0, 0.1) is 0 Å². The van der Waals surface area contributed by atoms with Gasteiger partial charge in [0.15, 0.2) is 0 Å². The molecule has 0 spiro atoms. The van der Waals surface area contributed by atoms with Crippen molar-refractivity contribution in [1.82, 2.24) is 0 Å². The van der Waals surface area contributed by atoms with Crippen LogP contribution in [0.15, 0.2) is 17.1 Å². The number of hydrogen-bond acceptors (Lipinski definition) is 6. The van der Waals surface area contributed by atoms with E-state index in [0.29, 0.717) is 12.6 Å². The summed E-state index contributed by atoms with van der Waals surface area (Å²) in [4.78, 5) is 15.6. The molecule has 4 rings (SSSR count). The second-order valence-corrected chi connectivity index (χ2v) is 8.54. The largest absolute Gasteiger partial charge is 0.494 e. The highest BCUT2D eigenvalue weighted by molar-refractivity contribution is 8.14. The molecule has 6 nitrogen and oxygen atoms in total. The highest BCUT2D eigenvalue weighted by atomic mass is 32.2. The maximum atomic E-state index is 11.0. The molecule has 3 N–H and O–H groups in total. The number of carboxylic acids is 1. The summed E-state index contributed by atoms with van der Waals surface area (Å²) in [6.45, 7) is 2.66. The molecule has 1 unspecified atom stereocenters. The van der Waals surface area contributed by atoms with E-state index in [0.717, 1.165) is 34.3 Å². The molecule has 2 heterocycles. The van der Waals surface area contributed by atoms with Crippen molar-refractivity contribution in [2.45, 2.75) is 63.6 Å². The minimum absolute atomic E-state index is 0.108. The van der Waals surface area contributed by atoms with Gasteiger partial charge >= 0.3 is 5.97 Å². The Balaban J connectivity index is 1.53. The molecular formula is C20H27N3O3S. The maximum Gasteiger partial charge on any atom is 0.305 e. The number of nitrogens with zero attached hydrogens (tertiary/aromatic N) is 1. The average molecular weight is 390 g/mol. The number of hydrogen-bond donors (Lipinski definition) is 3. The van der Waals surface area contributed by atoms with Gasteiger partial charge < -0.3 is 20.5 Å². The highest BCUT2D eigenvalue weighted by Gasteiger charge is 2.32. The second-order valence-electron chi connectivity index (χ2n) is 7.49. The molecule has 0 bridgehead atoms. The van der Waals surface area contributed by atoms with Gasteiger partial charge in [-0.05, 0) is 31.4 Å². The molecule has 1 aliphatic carbocycles. The van der Waals surface area contributed by atoms with Gasteiger partial charge in [0.2, 0.25) is 0 Å². The fraction of sp³-hybridized carbons (Fsp3) is 0.600. The first-order chi connectivity index (χ1) is 13.1. The fourth-order valence-corrected chi connectivity index (χ4v) is 5.31. The SMILES string of the molecule is CCOc1cc2c(c(NC3CCCC3)c1)NC(C1=N[C@@H](CC(=O)O)CS1)C2. The molecule has 2 atom stereocenters. The third-order valence-electron chi connectivity index (χ3n) is 5.40. The van der Waals surface area contributed by atoms with Crippen molar-refractivity contribution in [3.8, 4) is 5.75 Å². The van der Waals surface area contributed by atoms with Crippen LogP contribution in [-0.2, 0) is 11.2 Å². The number of ether oxygens (including phenoxy) is 1. The number of benzene rings is 1. The van der Waals surface area contributed by atoms with E-state index < -0.39 is 5.97 Å². The number of rotatable bonds is 7. The van der Waals surface area contributed by atoms with Crippen LogP contribution < -0.4 is 15.4 Å². The molecule has 1 aromatic carbocycles. The van der Waals surface area contributed by atoms with Gasteiger partial charge in [-0.1, -0.05) is 12.8 Å². The van der Waals surface area contributed by atoms with Crippen molar-refractivity contribution in [2.24, 2.45) is 4.99 Å². The van der Waals surface area contributed by atoms with Gasteiger partial charge in [-0.2, -0.15) is 0 Å².